The molecule has 0 radical (unpaired) electrons. The summed E-state index contributed by atoms with van der Waals surface area (Å²) >= 11 is 13.5. The van der Waals surface area contributed by atoms with Gasteiger partial charge in [0.05, 0.1) is 16.2 Å². The van der Waals surface area contributed by atoms with Crippen molar-refractivity contribution in [2.75, 3.05) is 12.4 Å². The number of carbonyl (C=O) groups excluding carboxylic acids is 1. The average Bonchev–Trinajstić information content (AvgIpc) is 2.95. The van der Waals surface area contributed by atoms with Crippen LogP contribution in [0.5, 0.6) is 0 Å². The second kappa shape index (κ2) is 6.27. The molecule has 0 atom stereocenters. The summed E-state index contributed by atoms with van der Waals surface area (Å²) in [6.07, 6.45) is 1.01. The van der Waals surface area contributed by atoms with Crippen molar-refractivity contribution >= 4 is 56.6 Å². The molecule has 5 nitrogen and oxygen atoms in total. The second-order valence-electron chi connectivity index (χ2n) is 4.45. The normalized spacial score (nSPS) is 10.8. The van der Waals surface area contributed by atoms with Gasteiger partial charge in [0.1, 0.15) is 15.2 Å². The van der Waals surface area contributed by atoms with E-state index >= 15 is 0 Å². The summed E-state index contributed by atoms with van der Waals surface area (Å²) in [5.41, 5.74) is 0.615. The van der Waals surface area contributed by atoms with Gasteiger partial charge in [0.2, 0.25) is 0 Å². The number of benzene rings is 1. The van der Waals surface area contributed by atoms with Crippen LogP contribution >= 0.6 is 34.5 Å². The third kappa shape index (κ3) is 2.95. The Morgan fingerprint density at radius 3 is 2.65 bits per heavy atom. The average molecular weight is 371 g/mol. The number of fused-ring (bicyclic) bond motifs is 1. The Bertz CT molecular complexity index is 895. The van der Waals surface area contributed by atoms with Gasteiger partial charge in [0.25, 0.3) is 0 Å². The number of nitrogens with one attached hydrogen (secondary N) is 2. The van der Waals surface area contributed by atoms with Crippen molar-refractivity contribution in [3.05, 3.63) is 40.3 Å². The lowest BCUT2D eigenvalue weighted by atomic mass is 10.2. The molecule has 9 heteroatoms. The van der Waals surface area contributed by atoms with Gasteiger partial charge in [0, 0.05) is 12.6 Å². The van der Waals surface area contributed by atoms with Gasteiger partial charge < -0.3 is 5.32 Å². The second-order valence-corrected chi connectivity index (χ2v) is 6.27. The van der Waals surface area contributed by atoms with Gasteiger partial charge in [-0.1, -0.05) is 29.3 Å². The molecule has 23 heavy (non-hydrogen) atoms. The summed E-state index contributed by atoms with van der Waals surface area (Å²) < 4.78 is 14.4. The summed E-state index contributed by atoms with van der Waals surface area (Å²) in [5.74, 6) is -0.374. The molecule has 3 aromatic rings. The minimum Gasteiger partial charge on any atom is -0.341 e. The molecule has 118 valence electrons. The molecule has 0 aliphatic rings. The largest absolute Gasteiger partial charge is 0.341 e. The molecule has 2 heterocycles. The first kappa shape index (κ1) is 15.9. The van der Waals surface area contributed by atoms with Crippen molar-refractivity contribution < 1.29 is 9.18 Å². The van der Waals surface area contributed by atoms with E-state index in [1.165, 1.54) is 7.05 Å². The Kier molecular flexibility index (Phi) is 4.34. The number of urea groups is 1. The molecule has 0 fully saturated rings. The van der Waals surface area contributed by atoms with Crippen LogP contribution in [-0.4, -0.2) is 23.0 Å². The van der Waals surface area contributed by atoms with Crippen LogP contribution in [-0.2, 0) is 0 Å². The van der Waals surface area contributed by atoms with E-state index in [9.17, 15) is 9.18 Å². The minimum atomic E-state index is -0.590. The first-order valence-electron chi connectivity index (χ1n) is 6.39. The standard InChI is InChI=1S/C14H9Cl2FN4OS/c1-18-14(22)21-12-11-10(8(17)5-19-12)20-13(23-11)9-6(15)3-2-4-7(9)16/h2-5H,1H3,(H2,18,19,21,22). The number of rotatable bonds is 2. The molecule has 2 aromatic heterocycles. The van der Waals surface area contributed by atoms with E-state index in [-0.39, 0.29) is 11.3 Å². The third-order valence-electron chi connectivity index (χ3n) is 3.01. The van der Waals surface area contributed by atoms with Crippen molar-refractivity contribution in [1.29, 1.82) is 0 Å². The maximum atomic E-state index is 14.0. The fourth-order valence-corrected chi connectivity index (χ4v) is 3.73. The number of halogens is 3. The maximum Gasteiger partial charge on any atom is 0.320 e. The number of hydrogen-bond acceptors (Lipinski definition) is 4. The highest BCUT2D eigenvalue weighted by atomic mass is 35.5. The van der Waals surface area contributed by atoms with Gasteiger partial charge in [-0.2, -0.15) is 0 Å². The van der Waals surface area contributed by atoms with Gasteiger partial charge in [-0.3, -0.25) is 5.32 Å². The van der Waals surface area contributed by atoms with Crippen molar-refractivity contribution in [3.8, 4) is 10.6 Å². The number of thiazole rings is 1. The molecule has 0 aliphatic heterocycles. The number of nitrogens with zero attached hydrogens (tertiary/aromatic N) is 2. The van der Waals surface area contributed by atoms with E-state index in [4.69, 9.17) is 23.2 Å². The molecular weight excluding hydrogens is 362 g/mol. The molecule has 0 saturated carbocycles. The van der Waals surface area contributed by atoms with Gasteiger partial charge >= 0.3 is 6.03 Å². The first-order valence-corrected chi connectivity index (χ1v) is 7.96. The van der Waals surface area contributed by atoms with E-state index in [1.54, 1.807) is 18.2 Å². The quantitative estimate of drug-likeness (QED) is 0.694. The third-order valence-corrected chi connectivity index (χ3v) is 4.72. The number of amides is 2. The Morgan fingerprint density at radius 2 is 2.00 bits per heavy atom. The van der Waals surface area contributed by atoms with Crippen LogP contribution in [0.2, 0.25) is 10.0 Å². The van der Waals surface area contributed by atoms with Crippen LogP contribution < -0.4 is 10.6 Å². The molecule has 0 spiro atoms. The summed E-state index contributed by atoms with van der Waals surface area (Å²) in [4.78, 5) is 19.6. The highest BCUT2D eigenvalue weighted by Gasteiger charge is 2.19. The molecule has 0 bridgehead atoms. The first-order chi connectivity index (χ1) is 11.0. The zero-order valence-electron chi connectivity index (χ0n) is 11.7. The summed E-state index contributed by atoms with van der Waals surface area (Å²) in [5, 5.41) is 6.20. The van der Waals surface area contributed by atoms with Crippen molar-refractivity contribution in [3.63, 3.8) is 0 Å². The minimum absolute atomic E-state index is 0.0994. The smallest absolute Gasteiger partial charge is 0.320 e. The summed E-state index contributed by atoms with van der Waals surface area (Å²) in [6, 6.07) is 4.60. The Hall–Kier alpha value is -1.96. The van der Waals surface area contributed by atoms with Crippen molar-refractivity contribution in [2.45, 2.75) is 0 Å². The predicted molar refractivity (Wildman–Crippen MR) is 90.9 cm³/mol. The monoisotopic (exact) mass is 370 g/mol. The van der Waals surface area contributed by atoms with E-state index in [0.717, 1.165) is 17.5 Å². The van der Waals surface area contributed by atoms with Gasteiger partial charge in [0.15, 0.2) is 11.6 Å². The molecular formula is C14H9Cl2FN4OS. The number of carbonyl (C=O) groups is 1. The molecule has 3 rings (SSSR count). The maximum absolute atomic E-state index is 14.0. The van der Waals surface area contributed by atoms with E-state index in [0.29, 0.717) is 25.3 Å². The fraction of sp³-hybridized carbons (Fsp3) is 0.0714. The molecule has 0 unspecified atom stereocenters. The lowest BCUT2D eigenvalue weighted by molar-refractivity contribution is 0.254. The Balaban J connectivity index is 2.20. The van der Waals surface area contributed by atoms with Crippen LogP contribution in [0.1, 0.15) is 0 Å². The van der Waals surface area contributed by atoms with Crippen LogP contribution in [0.25, 0.3) is 20.8 Å². The molecule has 2 N–H and O–H groups in total. The van der Waals surface area contributed by atoms with Crippen LogP contribution in [0.3, 0.4) is 0 Å². The number of aromatic nitrogens is 2. The van der Waals surface area contributed by atoms with E-state index in [1.807, 2.05) is 0 Å². The van der Waals surface area contributed by atoms with Crippen LogP contribution in [0.15, 0.2) is 24.4 Å². The number of pyridine rings is 1. The highest BCUT2D eigenvalue weighted by molar-refractivity contribution is 7.22. The zero-order valence-corrected chi connectivity index (χ0v) is 14.0. The van der Waals surface area contributed by atoms with Gasteiger partial charge in [-0.15, -0.1) is 11.3 Å². The Morgan fingerprint density at radius 1 is 1.30 bits per heavy atom. The zero-order chi connectivity index (χ0) is 16.6. The lowest BCUT2D eigenvalue weighted by Crippen LogP contribution is -2.25. The molecule has 1 aromatic carbocycles. The molecule has 2 amide bonds. The van der Waals surface area contributed by atoms with Gasteiger partial charge in [-0.25, -0.2) is 19.2 Å². The summed E-state index contributed by atoms with van der Waals surface area (Å²) in [7, 11) is 1.47. The van der Waals surface area contributed by atoms with Crippen LogP contribution in [0.4, 0.5) is 15.0 Å². The van der Waals surface area contributed by atoms with Gasteiger partial charge in [-0.05, 0) is 12.1 Å². The summed E-state index contributed by atoms with van der Waals surface area (Å²) in [6.45, 7) is 0. The van der Waals surface area contributed by atoms with E-state index < -0.39 is 11.8 Å². The van der Waals surface area contributed by atoms with Crippen LogP contribution in [0, 0.1) is 5.82 Å². The van der Waals surface area contributed by atoms with Crippen molar-refractivity contribution in [2.24, 2.45) is 0 Å². The number of anilines is 1. The Labute approximate surface area is 144 Å². The SMILES string of the molecule is CNC(=O)Nc1ncc(F)c2nc(-c3c(Cl)cccc3Cl)sc12. The topological polar surface area (TPSA) is 66.9 Å². The molecule has 0 aliphatic carbocycles. The fourth-order valence-electron chi connectivity index (χ4n) is 1.95. The predicted octanol–water partition coefficient (Wildman–Crippen LogP) is 4.56. The van der Waals surface area contributed by atoms with E-state index in [2.05, 4.69) is 20.6 Å². The number of hydrogen-bond donors (Lipinski definition) is 2. The lowest BCUT2D eigenvalue weighted by Gasteiger charge is -2.03. The molecule has 0 saturated heterocycles. The van der Waals surface area contributed by atoms with Crippen molar-refractivity contribution in [1.82, 2.24) is 15.3 Å². The highest BCUT2D eigenvalue weighted by Crippen LogP contribution is 2.40.